The molecule has 5 heteroatoms. The number of ether oxygens (including phenoxy) is 1. The minimum Gasteiger partial charge on any atom is -0.494 e. The first-order chi connectivity index (χ1) is 14.0. The number of nitrogens with zero attached hydrogens (tertiary/aromatic N) is 1. The van der Waals surface area contributed by atoms with Crippen LogP contribution in [0.3, 0.4) is 0 Å². The average molecular weight is 386 g/mol. The summed E-state index contributed by atoms with van der Waals surface area (Å²) in [6.07, 6.45) is 0. The molecule has 1 N–H and O–H groups in total. The minimum atomic E-state index is -0.186. The van der Waals surface area contributed by atoms with Gasteiger partial charge in [-0.15, -0.1) is 0 Å². The van der Waals surface area contributed by atoms with Gasteiger partial charge in [-0.05, 0) is 86.5 Å². The van der Waals surface area contributed by atoms with Crippen molar-refractivity contribution in [2.45, 2.75) is 20.8 Å². The highest BCUT2D eigenvalue weighted by molar-refractivity contribution is 6.04. The van der Waals surface area contributed by atoms with Gasteiger partial charge in [-0.25, -0.2) is 4.98 Å². The molecule has 0 saturated carbocycles. The maximum absolute atomic E-state index is 12.6. The molecule has 0 spiro atoms. The number of carbonyl (C=O) groups excluding carboxylic acids is 1. The molecule has 0 fully saturated rings. The molecule has 1 aromatic heterocycles. The summed E-state index contributed by atoms with van der Waals surface area (Å²) in [4.78, 5) is 17.2. The van der Waals surface area contributed by atoms with Gasteiger partial charge in [-0.1, -0.05) is 6.07 Å². The second-order valence-electron chi connectivity index (χ2n) is 6.92. The lowest BCUT2D eigenvalue weighted by molar-refractivity contribution is 0.102. The zero-order chi connectivity index (χ0) is 20.4. The van der Waals surface area contributed by atoms with Gasteiger partial charge in [0, 0.05) is 16.8 Å². The van der Waals surface area contributed by atoms with E-state index in [9.17, 15) is 4.79 Å². The quantitative estimate of drug-likeness (QED) is 0.473. The first kappa shape index (κ1) is 18.7. The second kappa shape index (κ2) is 7.80. The topological polar surface area (TPSA) is 64.4 Å². The van der Waals surface area contributed by atoms with Crippen LogP contribution in [0.25, 0.3) is 22.6 Å². The monoisotopic (exact) mass is 386 g/mol. The van der Waals surface area contributed by atoms with E-state index in [1.807, 2.05) is 50.2 Å². The summed E-state index contributed by atoms with van der Waals surface area (Å²) in [7, 11) is 0. The molecule has 0 radical (unpaired) electrons. The van der Waals surface area contributed by atoms with Crippen molar-refractivity contribution >= 4 is 22.7 Å². The fourth-order valence-electron chi connectivity index (χ4n) is 3.11. The molecule has 29 heavy (non-hydrogen) atoms. The number of aryl methyl sites for hydroxylation is 2. The summed E-state index contributed by atoms with van der Waals surface area (Å²) in [5.41, 5.74) is 5.97. The number of rotatable bonds is 5. The smallest absolute Gasteiger partial charge is 0.255 e. The van der Waals surface area contributed by atoms with Gasteiger partial charge >= 0.3 is 0 Å². The van der Waals surface area contributed by atoms with Crippen LogP contribution >= 0.6 is 0 Å². The minimum absolute atomic E-state index is 0.186. The zero-order valence-corrected chi connectivity index (χ0v) is 16.7. The second-order valence-corrected chi connectivity index (χ2v) is 6.92. The molecule has 1 heterocycles. The fraction of sp³-hybridized carbons (Fsp3) is 0.167. The number of hydrogen-bond acceptors (Lipinski definition) is 4. The van der Waals surface area contributed by atoms with Crippen LogP contribution < -0.4 is 10.1 Å². The lowest BCUT2D eigenvalue weighted by Gasteiger charge is -2.07. The third-order valence-corrected chi connectivity index (χ3v) is 4.80. The normalized spacial score (nSPS) is 10.9. The molecular weight excluding hydrogens is 364 g/mol. The number of fused-ring (bicyclic) bond motifs is 1. The van der Waals surface area contributed by atoms with Crippen molar-refractivity contribution in [3.05, 3.63) is 77.4 Å². The Kier molecular flexibility index (Phi) is 5.04. The summed E-state index contributed by atoms with van der Waals surface area (Å²) in [5.74, 6) is 1.09. The van der Waals surface area contributed by atoms with Crippen molar-refractivity contribution in [3.63, 3.8) is 0 Å². The predicted molar refractivity (Wildman–Crippen MR) is 114 cm³/mol. The Bertz CT molecular complexity index is 1140. The van der Waals surface area contributed by atoms with Crippen LogP contribution in [-0.2, 0) is 0 Å². The molecule has 5 nitrogen and oxygen atoms in total. The number of nitrogens with one attached hydrogen (secondary N) is 1. The molecule has 146 valence electrons. The highest BCUT2D eigenvalue weighted by atomic mass is 16.5. The molecule has 0 unspecified atom stereocenters. The van der Waals surface area contributed by atoms with Gasteiger partial charge in [0.25, 0.3) is 5.91 Å². The van der Waals surface area contributed by atoms with E-state index in [0.717, 1.165) is 28.0 Å². The molecule has 0 aliphatic rings. The van der Waals surface area contributed by atoms with Crippen LogP contribution in [0.5, 0.6) is 5.75 Å². The van der Waals surface area contributed by atoms with Gasteiger partial charge < -0.3 is 14.5 Å². The summed E-state index contributed by atoms with van der Waals surface area (Å²) in [5, 5.41) is 2.92. The highest BCUT2D eigenvalue weighted by Crippen LogP contribution is 2.28. The molecule has 0 atom stereocenters. The number of benzene rings is 3. The van der Waals surface area contributed by atoms with Gasteiger partial charge in [0.1, 0.15) is 11.3 Å². The van der Waals surface area contributed by atoms with E-state index in [0.29, 0.717) is 23.7 Å². The number of oxazole rings is 1. The number of amides is 1. The van der Waals surface area contributed by atoms with Crippen molar-refractivity contribution in [1.29, 1.82) is 0 Å². The molecule has 0 bridgehead atoms. The van der Waals surface area contributed by atoms with Crippen molar-refractivity contribution < 1.29 is 13.9 Å². The molecule has 0 aliphatic carbocycles. The van der Waals surface area contributed by atoms with Crippen molar-refractivity contribution in [2.75, 3.05) is 11.9 Å². The van der Waals surface area contributed by atoms with Gasteiger partial charge in [-0.3, -0.25) is 4.79 Å². The van der Waals surface area contributed by atoms with Crippen LogP contribution in [0.2, 0.25) is 0 Å². The third kappa shape index (κ3) is 3.99. The standard InChI is InChI=1S/C24H22N2O3/c1-4-28-20-10-8-17(9-11-20)23(27)25-19-7-5-6-18(14-19)24-26-21-12-15(2)16(3)13-22(21)29-24/h5-14H,4H2,1-3H3,(H,25,27). The van der Waals surface area contributed by atoms with Crippen LogP contribution in [0, 0.1) is 13.8 Å². The largest absolute Gasteiger partial charge is 0.494 e. The van der Waals surface area contributed by atoms with Gasteiger partial charge in [-0.2, -0.15) is 0 Å². The van der Waals surface area contributed by atoms with Crippen LogP contribution in [0.15, 0.2) is 65.1 Å². The molecule has 1 amide bonds. The van der Waals surface area contributed by atoms with E-state index in [-0.39, 0.29) is 5.91 Å². The van der Waals surface area contributed by atoms with Crippen LogP contribution in [0.4, 0.5) is 5.69 Å². The van der Waals surface area contributed by atoms with E-state index in [1.54, 1.807) is 24.3 Å². The summed E-state index contributed by atoms with van der Waals surface area (Å²) in [6, 6.07) is 18.6. The Morgan fingerprint density at radius 3 is 2.55 bits per heavy atom. The maximum atomic E-state index is 12.6. The predicted octanol–water partition coefficient (Wildman–Crippen LogP) is 5.76. The molecule has 0 saturated heterocycles. The molecule has 4 rings (SSSR count). The molecule has 4 aromatic rings. The van der Waals surface area contributed by atoms with Gasteiger partial charge in [0.2, 0.25) is 5.89 Å². The van der Waals surface area contributed by atoms with E-state index in [2.05, 4.69) is 17.2 Å². The number of anilines is 1. The highest BCUT2D eigenvalue weighted by Gasteiger charge is 2.12. The van der Waals surface area contributed by atoms with E-state index >= 15 is 0 Å². The average Bonchev–Trinajstić information content (AvgIpc) is 3.12. The lowest BCUT2D eigenvalue weighted by Crippen LogP contribution is -2.11. The van der Waals surface area contributed by atoms with Crippen molar-refractivity contribution in [2.24, 2.45) is 0 Å². The Morgan fingerprint density at radius 1 is 1.03 bits per heavy atom. The fourth-order valence-corrected chi connectivity index (χ4v) is 3.11. The van der Waals surface area contributed by atoms with Crippen molar-refractivity contribution in [1.82, 2.24) is 4.98 Å². The third-order valence-electron chi connectivity index (χ3n) is 4.80. The first-order valence-electron chi connectivity index (χ1n) is 9.56. The number of aromatic nitrogens is 1. The summed E-state index contributed by atoms with van der Waals surface area (Å²) >= 11 is 0. The summed E-state index contributed by atoms with van der Waals surface area (Å²) in [6.45, 7) is 6.62. The van der Waals surface area contributed by atoms with Gasteiger partial charge in [0.05, 0.1) is 6.61 Å². The molecule has 0 aliphatic heterocycles. The zero-order valence-electron chi connectivity index (χ0n) is 16.7. The molecular formula is C24H22N2O3. The lowest BCUT2D eigenvalue weighted by atomic mass is 10.1. The Balaban J connectivity index is 1.56. The maximum Gasteiger partial charge on any atom is 0.255 e. The summed E-state index contributed by atoms with van der Waals surface area (Å²) < 4.78 is 11.3. The molecule has 3 aromatic carbocycles. The van der Waals surface area contributed by atoms with E-state index in [1.165, 1.54) is 5.56 Å². The number of hydrogen-bond donors (Lipinski definition) is 1. The SMILES string of the molecule is CCOc1ccc(C(=O)Nc2cccc(-c3nc4cc(C)c(C)cc4o3)c2)cc1. The Labute approximate surface area is 169 Å². The van der Waals surface area contributed by atoms with Crippen LogP contribution in [0.1, 0.15) is 28.4 Å². The first-order valence-corrected chi connectivity index (χ1v) is 9.56. The number of carbonyl (C=O) groups is 1. The Morgan fingerprint density at radius 2 is 1.79 bits per heavy atom. The van der Waals surface area contributed by atoms with Gasteiger partial charge in [0.15, 0.2) is 5.58 Å². The Hall–Kier alpha value is -3.60. The van der Waals surface area contributed by atoms with Crippen LogP contribution in [-0.4, -0.2) is 17.5 Å². The van der Waals surface area contributed by atoms with E-state index in [4.69, 9.17) is 9.15 Å². The van der Waals surface area contributed by atoms with Crippen molar-refractivity contribution in [3.8, 4) is 17.2 Å². The van der Waals surface area contributed by atoms with E-state index < -0.39 is 0 Å².